The lowest BCUT2D eigenvalue weighted by Gasteiger charge is -1.90. The Balaban J connectivity index is 1.92. The monoisotopic (exact) mass is 253 g/mol. The average molecular weight is 254 g/mol. The van der Waals surface area contributed by atoms with Gasteiger partial charge < -0.3 is 0 Å². The molecular formula is C16H12ClN. The van der Waals surface area contributed by atoms with Crippen LogP contribution in [0, 0.1) is 11.8 Å². The van der Waals surface area contributed by atoms with Crippen molar-refractivity contribution in [3.8, 4) is 11.8 Å². The summed E-state index contributed by atoms with van der Waals surface area (Å²) in [5.74, 6) is 6.02. The smallest absolute Gasteiger partial charge is 0.100 e. The van der Waals surface area contributed by atoms with Crippen LogP contribution in [0.2, 0.25) is 5.02 Å². The van der Waals surface area contributed by atoms with Crippen LogP contribution in [0.25, 0.3) is 0 Å². The predicted octanol–water partition coefficient (Wildman–Crippen LogP) is 3.81. The van der Waals surface area contributed by atoms with Crippen LogP contribution in [-0.2, 0) is 0 Å². The summed E-state index contributed by atoms with van der Waals surface area (Å²) in [4.78, 5) is 4.25. The Labute approximate surface area is 112 Å². The summed E-state index contributed by atoms with van der Waals surface area (Å²) in [5.41, 5.74) is 2.00. The maximum absolute atomic E-state index is 5.87. The first kappa shape index (κ1) is 12.4. The van der Waals surface area contributed by atoms with E-state index in [0.29, 0.717) is 11.6 Å². The second-order valence-corrected chi connectivity index (χ2v) is 4.13. The molecule has 0 saturated carbocycles. The molecular weight excluding hydrogens is 242 g/mol. The van der Waals surface area contributed by atoms with Crippen LogP contribution < -0.4 is 0 Å². The van der Waals surface area contributed by atoms with Gasteiger partial charge in [-0.1, -0.05) is 59.8 Å². The predicted molar refractivity (Wildman–Crippen MR) is 77.2 cm³/mol. The fourth-order valence-corrected chi connectivity index (χ4v) is 1.63. The number of rotatable bonds is 2. The molecule has 0 amide bonds. The molecule has 0 N–H and O–H groups in total. The Morgan fingerprint density at radius 3 is 2.67 bits per heavy atom. The second-order valence-electron chi connectivity index (χ2n) is 3.69. The minimum atomic E-state index is 0.488. The lowest BCUT2D eigenvalue weighted by atomic mass is 10.2. The van der Waals surface area contributed by atoms with E-state index >= 15 is 0 Å². The summed E-state index contributed by atoms with van der Waals surface area (Å²) < 4.78 is 0. The van der Waals surface area contributed by atoms with E-state index in [1.807, 2.05) is 60.8 Å². The summed E-state index contributed by atoms with van der Waals surface area (Å²) in [5, 5.41) is 0.703. The lowest BCUT2D eigenvalue weighted by Crippen LogP contribution is -1.81. The van der Waals surface area contributed by atoms with Gasteiger partial charge in [-0.2, -0.15) is 0 Å². The Morgan fingerprint density at radius 2 is 1.89 bits per heavy atom. The number of hydrogen-bond acceptors (Lipinski definition) is 1. The van der Waals surface area contributed by atoms with Gasteiger partial charge >= 0.3 is 0 Å². The molecule has 0 aliphatic rings. The quantitative estimate of drug-likeness (QED) is 0.570. The van der Waals surface area contributed by atoms with E-state index in [2.05, 4.69) is 16.8 Å². The van der Waals surface area contributed by atoms with Crippen LogP contribution in [0.15, 0.2) is 59.6 Å². The van der Waals surface area contributed by atoms with Gasteiger partial charge in [-0.25, -0.2) is 0 Å². The SMILES string of the molecule is Clc1cccc(C#CC/N=C/c2ccccc2)c1. The van der Waals surface area contributed by atoms with Crippen LogP contribution >= 0.6 is 11.6 Å². The summed E-state index contributed by atoms with van der Waals surface area (Å²) in [6.45, 7) is 0.488. The van der Waals surface area contributed by atoms with E-state index in [-0.39, 0.29) is 0 Å². The van der Waals surface area contributed by atoms with Gasteiger partial charge in [0.2, 0.25) is 0 Å². The molecule has 0 radical (unpaired) electrons. The molecule has 0 spiro atoms. The molecule has 0 fully saturated rings. The van der Waals surface area contributed by atoms with E-state index in [0.717, 1.165) is 11.1 Å². The summed E-state index contributed by atoms with van der Waals surface area (Å²) in [7, 11) is 0. The molecule has 0 unspecified atom stereocenters. The lowest BCUT2D eigenvalue weighted by molar-refractivity contribution is 1.30. The van der Waals surface area contributed by atoms with Gasteiger partial charge in [0.1, 0.15) is 6.54 Å². The summed E-state index contributed by atoms with van der Waals surface area (Å²) >= 11 is 5.87. The Kier molecular flexibility index (Phi) is 4.58. The zero-order chi connectivity index (χ0) is 12.6. The van der Waals surface area contributed by atoms with E-state index in [1.54, 1.807) is 0 Å². The molecule has 2 rings (SSSR count). The van der Waals surface area contributed by atoms with Crippen molar-refractivity contribution in [1.29, 1.82) is 0 Å². The largest absolute Gasteiger partial charge is 0.280 e. The molecule has 2 aromatic carbocycles. The third kappa shape index (κ3) is 4.08. The first-order valence-electron chi connectivity index (χ1n) is 5.64. The number of hydrogen-bond donors (Lipinski definition) is 0. The zero-order valence-corrected chi connectivity index (χ0v) is 10.6. The molecule has 2 heteroatoms. The average Bonchev–Trinajstić information content (AvgIpc) is 2.40. The van der Waals surface area contributed by atoms with Crippen molar-refractivity contribution in [3.05, 3.63) is 70.7 Å². The first-order valence-corrected chi connectivity index (χ1v) is 6.02. The van der Waals surface area contributed by atoms with Gasteiger partial charge in [0.25, 0.3) is 0 Å². The highest BCUT2D eigenvalue weighted by Crippen LogP contribution is 2.09. The third-order valence-corrected chi connectivity index (χ3v) is 2.50. The van der Waals surface area contributed by atoms with E-state index in [9.17, 15) is 0 Å². The topological polar surface area (TPSA) is 12.4 Å². The summed E-state index contributed by atoms with van der Waals surface area (Å²) in [6, 6.07) is 17.5. The minimum Gasteiger partial charge on any atom is -0.280 e. The highest BCUT2D eigenvalue weighted by molar-refractivity contribution is 6.30. The van der Waals surface area contributed by atoms with Crippen LogP contribution in [0.1, 0.15) is 11.1 Å². The highest BCUT2D eigenvalue weighted by Gasteiger charge is 1.87. The van der Waals surface area contributed by atoms with Crippen LogP contribution in [-0.4, -0.2) is 12.8 Å². The maximum atomic E-state index is 5.87. The molecule has 1 nitrogen and oxygen atoms in total. The van der Waals surface area contributed by atoms with Gasteiger partial charge in [0.05, 0.1) is 0 Å². The molecule has 0 aliphatic carbocycles. The van der Waals surface area contributed by atoms with Crippen molar-refractivity contribution in [2.24, 2.45) is 4.99 Å². The van der Waals surface area contributed by atoms with Crippen LogP contribution in [0.5, 0.6) is 0 Å². The number of benzene rings is 2. The number of nitrogens with zero attached hydrogens (tertiary/aromatic N) is 1. The van der Waals surface area contributed by atoms with Gasteiger partial charge in [-0.15, -0.1) is 0 Å². The molecule has 0 heterocycles. The van der Waals surface area contributed by atoms with E-state index in [4.69, 9.17) is 11.6 Å². The Morgan fingerprint density at radius 1 is 1.06 bits per heavy atom. The first-order chi connectivity index (χ1) is 8.84. The second kappa shape index (κ2) is 6.64. The molecule has 0 saturated heterocycles. The Bertz CT molecular complexity index is 591. The fraction of sp³-hybridized carbons (Fsp3) is 0.0625. The van der Waals surface area contributed by atoms with Crippen molar-refractivity contribution in [2.75, 3.05) is 6.54 Å². The fourth-order valence-electron chi connectivity index (χ4n) is 1.44. The van der Waals surface area contributed by atoms with Gasteiger partial charge in [-0.3, -0.25) is 4.99 Å². The number of aliphatic imine (C=N–C) groups is 1. The van der Waals surface area contributed by atoms with Crippen molar-refractivity contribution >= 4 is 17.8 Å². The molecule has 0 atom stereocenters. The molecule has 0 aliphatic heterocycles. The van der Waals surface area contributed by atoms with Crippen molar-refractivity contribution in [3.63, 3.8) is 0 Å². The van der Waals surface area contributed by atoms with E-state index in [1.165, 1.54) is 0 Å². The normalized spacial score (nSPS) is 10.1. The van der Waals surface area contributed by atoms with E-state index < -0.39 is 0 Å². The van der Waals surface area contributed by atoms with Crippen LogP contribution in [0.4, 0.5) is 0 Å². The molecule has 0 bridgehead atoms. The third-order valence-electron chi connectivity index (χ3n) is 2.27. The zero-order valence-electron chi connectivity index (χ0n) is 9.81. The molecule has 0 aromatic heterocycles. The van der Waals surface area contributed by atoms with Gasteiger partial charge in [0.15, 0.2) is 0 Å². The Hall–Kier alpha value is -2.04. The van der Waals surface area contributed by atoms with Crippen molar-refractivity contribution in [1.82, 2.24) is 0 Å². The number of halogens is 1. The maximum Gasteiger partial charge on any atom is 0.100 e. The van der Waals surface area contributed by atoms with Gasteiger partial charge in [-0.05, 0) is 23.8 Å². The minimum absolute atomic E-state index is 0.488. The molecule has 88 valence electrons. The standard InChI is InChI=1S/C16H12ClN/c17-16-10-4-8-14(12-16)9-5-11-18-13-15-6-2-1-3-7-15/h1-4,6-8,10,12-13H,11H2/b18-13+. The van der Waals surface area contributed by atoms with Gasteiger partial charge in [0, 0.05) is 16.8 Å². The van der Waals surface area contributed by atoms with Crippen molar-refractivity contribution < 1.29 is 0 Å². The van der Waals surface area contributed by atoms with Crippen LogP contribution in [0.3, 0.4) is 0 Å². The molecule has 2 aromatic rings. The van der Waals surface area contributed by atoms with Crippen molar-refractivity contribution in [2.45, 2.75) is 0 Å². The molecule has 18 heavy (non-hydrogen) atoms. The highest BCUT2D eigenvalue weighted by atomic mass is 35.5. The summed E-state index contributed by atoms with van der Waals surface area (Å²) in [6.07, 6.45) is 1.83.